The topological polar surface area (TPSA) is 88.9 Å². The van der Waals surface area contributed by atoms with Gasteiger partial charge >= 0.3 is 0 Å². The Labute approximate surface area is 180 Å². The van der Waals surface area contributed by atoms with E-state index in [0.29, 0.717) is 22.2 Å². The monoisotopic (exact) mass is 448 g/mol. The first-order valence-corrected chi connectivity index (χ1v) is 11.0. The van der Waals surface area contributed by atoms with Crippen molar-refractivity contribution in [3.8, 4) is 5.75 Å². The number of para-hydroxylation sites is 1. The molecule has 0 fully saturated rings. The van der Waals surface area contributed by atoms with Crippen LogP contribution in [0, 0.1) is 0 Å². The first-order valence-electron chi connectivity index (χ1n) is 9.14. The average molecular weight is 449 g/mol. The molecule has 0 radical (unpaired) electrons. The number of carbonyl (C=O) groups is 1. The van der Waals surface area contributed by atoms with Gasteiger partial charge in [-0.1, -0.05) is 23.7 Å². The van der Waals surface area contributed by atoms with Gasteiger partial charge < -0.3 is 14.5 Å². The summed E-state index contributed by atoms with van der Waals surface area (Å²) in [6.45, 7) is 1.62. The summed E-state index contributed by atoms with van der Waals surface area (Å²) in [5.74, 6) is 0.752. The highest BCUT2D eigenvalue weighted by Gasteiger charge is 2.25. The fourth-order valence-corrected chi connectivity index (χ4v) is 4.32. The second-order valence-electron chi connectivity index (χ2n) is 6.40. The molecule has 7 nitrogen and oxygen atoms in total. The van der Waals surface area contributed by atoms with Crippen molar-refractivity contribution >= 4 is 33.2 Å². The molecule has 0 atom stereocenters. The van der Waals surface area contributed by atoms with Crippen molar-refractivity contribution in [1.29, 1.82) is 0 Å². The molecule has 1 heterocycles. The van der Waals surface area contributed by atoms with Crippen molar-refractivity contribution in [2.45, 2.75) is 18.4 Å². The summed E-state index contributed by atoms with van der Waals surface area (Å²) in [6.07, 6.45) is 1.49. The molecule has 3 rings (SSSR count). The third-order valence-electron chi connectivity index (χ3n) is 4.16. The number of ether oxygens (including phenoxy) is 1. The first-order chi connectivity index (χ1) is 14.4. The van der Waals surface area contributed by atoms with E-state index in [4.69, 9.17) is 20.8 Å². The van der Waals surface area contributed by atoms with Crippen LogP contribution >= 0.6 is 11.6 Å². The molecule has 0 aliphatic carbocycles. The lowest BCUT2D eigenvalue weighted by Crippen LogP contribution is -2.34. The lowest BCUT2D eigenvalue weighted by atomic mass is 10.3. The van der Waals surface area contributed by atoms with Gasteiger partial charge in [0.15, 0.2) is 0 Å². The molecule has 0 saturated carbocycles. The molecule has 3 aromatic rings. The van der Waals surface area contributed by atoms with E-state index in [1.54, 1.807) is 48.5 Å². The smallest absolute Gasteiger partial charge is 0.243 e. The van der Waals surface area contributed by atoms with E-state index in [1.165, 1.54) is 29.6 Å². The van der Waals surface area contributed by atoms with Crippen LogP contribution in [0.25, 0.3) is 0 Å². The van der Waals surface area contributed by atoms with Crippen molar-refractivity contribution < 1.29 is 22.4 Å². The maximum absolute atomic E-state index is 13.2. The molecular weight excluding hydrogens is 428 g/mol. The van der Waals surface area contributed by atoms with E-state index >= 15 is 0 Å². The summed E-state index contributed by atoms with van der Waals surface area (Å²) >= 11 is 6.09. The SMILES string of the molecule is CC(=O)Nc1ccc(S(=O)(=O)N(CCOc2ccccc2Cl)Cc2ccco2)cc1. The third kappa shape index (κ3) is 5.63. The predicted octanol–water partition coefficient (Wildman–Crippen LogP) is 4.16. The van der Waals surface area contributed by atoms with E-state index in [1.807, 2.05) is 0 Å². The lowest BCUT2D eigenvalue weighted by Gasteiger charge is -2.22. The molecule has 9 heteroatoms. The van der Waals surface area contributed by atoms with Crippen LogP contribution in [0.15, 0.2) is 76.2 Å². The third-order valence-corrected chi connectivity index (χ3v) is 6.33. The highest BCUT2D eigenvalue weighted by molar-refractivity contribution is 7.89. The molecule has 1 aromatic heterocycles. The second-order valence-corrected chi connectivity index (χ2v) is 8.75. The van der Waals surface area contributed by atoms with Gasteiger partial charge in [0.1, 0.15) is 18.1 Å². The summed E-state index contributed by atoms with van der Waals surface area (Å²) in [4.78, 5) is 11.3. The van der Waals surface area contributed by atoms with Gasteiger partial charge in [-0.3, -0.25) is 4.79 Å². The van der Waals surface area contributed by atoms with Crippen LogP contribution in [0.4, 0.5) is 5.69 Å². The quantitative estimate of drug-likeness (QED) is 0.531. The number of sulfonamides is 1. The average Bonchev–Trinajstić information content (AvgIpc) is 3.22. The molecule has 1 N–H and O–H groups in total. The number of hydrogen-bond acceptors (Lipinski definition) is 5. The Morgan fingerprint density at radius 2 is 1.83 bits per heavy atom. The van der Waals surface area contributed by atoms with E-state index < -0.39 is 10.0 Å². The summed E-state index contributed by atoms with van der Waals surface area (Å²) in [7, 11) is -3.84. The maximum atomic E-state index is 13.2. The fourth-order valence-electron chi connectivity index (χ4n) is 2.74. The van der Waals surface area contributed by atoms with Crippen LogP contribution in [0.3, 0.4) is 0 Å². The van der Waals surface area contributed by atoms with Crippen molar-refractivity contribution in [1.82, 2.24) is 4.31 Å². The van der Waals surface area contributed by atoms with Gasteiger partial charge in [0.25, 0.3) is 0 Å². The minimum atomic E-state index is -3.84. The van der Waals surface area contributed by atoms with Gasteiger partial charge in [-0.25, -0.2) is 8.42 Å². The Morgan fingerprint density at radius 3 is 2.47 bits per heavy atom. The van der Waals surface area contributed by atoms with Crippen LogP contribution in [-0.4, -0.2) is 31.8 Å². The summed E-state index contributed by atoms with van der Waals surface area (Å²) < 4.78 is 38.7. The minimum Gasteiger partial charge on any atom is -0.491 e. The highest BCUT2D eigenvalue weighted by Crippen LogP contribution is 2.24. The van der Waals surface area contributed by atoms with Crippen LogP contribution in [-0.2, 0) is 21.4 Å². The normalized spacial score (nSPS) is 11.4. The highest BCUT2D eigenvalue weighted by atomic mass is 35.5. The second kappa shape index (κ2) is 9.80. The molecule has 0 spiro atoms. The molecule has 2 aromatic carbocycles. The number of rotatable bonds is 9. The van der Waals surface area contributed by atoms with Crippen molar-refractivity contribution in [2.75, 3.05) is 18.5 Å². The number of anilines is 1. The van der Waals surface area contributed by atoms with E-state index in [-0.39, 0.29) is 30.5 Å². The zero-order valence-electron chi connectivity index (χ0n) is 16.2. The molecular formula is C21H21ClN2O5S. The molecule has 0 aliphatic rings. The number of halogens is 1. The Kier molecular flexibility index (Phi) is 7.15. The Balaban J connectivity index is 1.77. The van der Waals surface area contributed by atoms with Crippen LogP contribution < -0.4 is 10.1 Å². The fraction of sp³-hybridized carbons (Fsp3) is 0.190. The molecule has 158 valence electrons. The Morgan fingerprint density at radius 1 is 1.10 bits per heavy atom. The summed E-state index contributed by atoms with van der Waals surface area (Å²) in [5.41, 5.74) is 0.515. The predicted molar refractivity (Wildman–Crippen MR) is 114 cm³/mol. The molecule has 1 amide bonds. The number of nitrogens with zero attached hydrogens (tertiary/aromatic N) is 1. The first kappa shape index (κ1) is 21.9. The number of amides is 1. The zero-order chi connectivity index (χ0) is 21.6. The van der Waals surface area contributed by atoms with E-state index in [0.717, 1.165) is 0 Å². The van der Waals surface area contributed by atoms with Crippen LogP contribution in [0.2, 0.25) is 5.02 Å². The number of furan rings is 1. The minimum absolute atomic E-state index is 0.0503. The molecule has 0 unspecified atom stereocenters. The van der Waals surface area contributed by atoms with Crippen LogP contribution in [0.5, 0.6) is 5.75 Å². The molecule has 0 bridgehead atoms. The van der Waals surface area contributed by atoms with Gasteiger partial charge in [-0.05, 0) is 48.5 Å². The van der Waals surface area contributed by atoms with Crippen molar-refractivity contribution in [2.24, 2.45) is 0 Å². The number of hydrogen-bond donors (Lipinski definition) is 1. The standard InChI is InChI=1S/C21H21ClN2O5S/c1-16(25)23-17-8-10-19(11-9-17)30(26,27)24(15-18-5-4-13-28-18)12-14-29-21-7-3-2-6-20(21)22/h2-11,13H,12,14-15H2,1H3,(H,23,25). The van der Waals surface area contributed by atoms with Gasteiger partial charge in [0.2, 0.25) is 15.9 Å². The summed E-state index contributed by atoms with van der Waals surface area (Å²) in [5, 5.41) is 3.06. The maximum Gasteiger partial charge on any atom is 0.243 e. The Hall–Kier alpha value is -2.81. The lowest BCUT2D eigenvalue weighted by molar-refractivity contribution is -0.114. The van der Waals surface area contributed by atoms with Crippen LogP contribution in [0.1, 0.15) is 12.7 Å². The van der Waals surface area contributed by atoms with Crippen molar-refractivity contribution in [3.63, 3.8) is 0 Å². The largest absolute Gasteiger partial charge is 0.491 e. The van der Waals surface area contributed by atoms with Gasteiger partial charge in [-0.2, -0.15) is 4.31 Å². The molecule has 0 aliphatic heterocycles. The summed E-state index contributed by atoms with van der Waals surface area (Å²) in [6, 6.07) is 16.4. The van der Waals surface area contributed by atoms with Crippen molar-refractivity contribution in [3.05, 3.63) is 77.7 Å². The van der Waals surface area contributed by atoms with Gasteiger partial charge in [-0.15, -0.1) is 0 Å². The van der Waals surface area contributed by atoms with E-state index in [9.17, 15) is 13.2 Å². The zero-order valence-corrected chi connectivity index (χ0v) is 17.8. The molecule has 0 saturated heterocycles. The molecule has 30 heavy (non-hydrogen) atoms. The van der Waals surface area contributed by atoms with Gasteiger partial charge in [0.05, 0.1) is 22.7 Å². The Bertz CT molecular complexity index is 1080. The number of carbonyl (C=O) groups excluding carboxylic acids is 1. The number of benzene rings is 2. The number of nitrogens with one attached hydrogen (secondary N) is 1. The van der Waals surface area contributed by atoms with E-state index in [2.05, 4.69) is 5.32 Å². The van der Waals surface area contributed by atoms with Gasteiger partial charge in [0, 0.05) is 19.2 Å².